The van der Waals surface area contributed by atoms with Gasteiger partial charge in [0.15, 0.2) is 11.5 Å². The molecule has 2 fully saturated rings. The molecule has 1 aliphatic heterocycles. The Kier molecular flexibility index (Phi) is 4.85. The van der Waals surface area contributed by atoms with Crippen LogP contribution in [0.4, 0.5) is 0 Å². The van der Waals surface area contributed by atoms with Gasteiger partial charge in [0.05, 0.1) is 11.8 Å². The number of aryl methyl sites for hydroxylation is 1. The van der Waals surface area contributed by atoms with E-state index in [1.165, 1.54) is 0 Å². The number of benzene rings is 1. The normalized spacial score (nSPS) is 18.1. The smallest absolute Gasteiger partial charge is 0.276 e. The summed E-state index contributed by atoms with van der Waals surface area (Å²) in [6.45, 7) is 3.08. The molecule has 2 amide bonds. The fourth-order valence-corrected chi connectivity index (χ4v) is 4.46. The lowest BCUT2D eigenvalue weighted by atomic mass is 9.80. The second-order valence-electron chi connectivity index (χ2n) is 8.66. The van der Waals surface area contributed by atoms with Crippen LogP contribution < -0.4 is 5.32 Å². The van der Waals surface area contributed by atoms with Crippen LogP contribution >= 0.6 is 0 Å². The molecule has 5 rings (SSSR count). The average Bonchev–Trinajstić information content (AvgIpc) is 3.27. The summed E-state index contributed by atoms with van der Waals surface area (Å²) in [4.78, 5) is 27.5. The van der Waals surface area contributed by atoms with E-state index in [-0.39, 0.29) is 17.5 Å². The Hall–Kier alpha value is -3.46. The number of methoxy groups -OCH3 is 1. The van der Waals surface area contributed by atoms with Crippen molar-refractivity contribution < 1.29 is 18.8 Å². The Balaban J connectivity index is 1.28. The monoisotopic (exact) mass is 435 g/mol. The zero-order valence-corrected chi connectivity index (χ0v) is 18.1. The highest BCUT2D eigenvalue weighted by Gasteiger charge is 2.66. The molecule has 3 aromatic rings. The van der Waals surface area contributed by atoms with Gasteiger partial charge in [-0.1, -0.05) is 23.4 Å². The van der Waals surface area contributed by atoms with E-state index < -0.39 is 11.1 Å². The Labute approximate surface area is 185 Å². The summed E-state index contributed by atoms with van der Waals surface area (Å²) in [5, 5.41) is 11.3. The molecule has 0 spiro atoms. The maximum absolute atomic E-state index is 13.0. The third-order valence-electron chi connectivity index (χ3n) is 6.42. The van der Waals surface area contributed by atoms with Crippen molar-refractivity contribution >= 4 is 11.8 Å². The van der Waals surface area contributed by atoms with Gasteiger partial charge in [0.1, 0.15) is 12.1 Å². The molecule has 2 aliphatic rings. The molecule has 0 bridgehead atoms. The molecule has 1 saturated carbocycles. The van der Waals surface area contributed by atoms with Crippen molar-refractivity contribution in [1.29, 1.82) is 0 Å². The molecular formula is C23H25N5O4. The minimum atomic E-state index is -0.622. The topological polar surface area (TPSA) is 102 Å². The van der Waals surface area contributed by atoms with Gasteiger partial charge in [-0.3, -0.25) is 14.3 Å². The van der Waals surface area contributed by atoms with Crippen molar-refractivity contribution in [3.63, 3.8) is 0 Å². The molecule has 1 saturated heterocycles. The summed E-state index contributed by atoms with van der Waals surface area (Å²) in [7, 11) is 1.66. The first-order valence-electron chi connectivity index (χ1n) is 10.6. The van der Waals surface area contributed by atoms with E-state index in [0.29, 0.717) is 31.0 Å². The molecule has 0 unspecified atom stereocenters. The van der Waals surface area contributed by atoms with E-state index in [9.17, 15) is 9.59 Å². The predicted molar refractivity (Wildman–Crippen MR) is 114 cm³/mol. The fraction of sp³-hybridized carbons (Fsp3) is 0.391. The highest BCUT2D eigenvalue weighted by atomic mass is 16.5. The zero-order valence-electron chi connectivity index (χ0n) is 18.1. The molecule has 166 valence electrons. The average molecular weight is 435 g/mol. The first kappa shape index (κ1) is 20.4. The zero-order chi connectivity index (χ0) is 22.3. The summed E-state index contributed by atoms with van der Waals surface area (Å²) in [5.74, 6) is 0.156. The number of likely N-dealkylation sites (tertiary alicyclic amines) is 1. The highest BCUT2D eigenvalue weighted by molar-refractivity contribution is 5.96. The first-order chi connectivity index (χ1) is 15.4. The van der Waals surface area contributed by atoms with Gasteiger partial charge in [-0.25, -0.2) is 0 Å². The molecule has 32 heavy (non-hydrogen) atoms. The second kappa shape index (κ2) is 7.59. The van der Waals surface area contributed by atoms with Crippen LogP contribution in [-0.2, 0) is 11.3 Å². The van der Waals surface area contributed by atoms with Gasteiger partial charge in [-0.2, -0.15) is 5.10 Å². The number of amides is 2. The summed E-state index contributed by atoms with van der Waals surface area (Å²) in [6, 6.07) is 10.7. The van der Waals surface area contributed by atoms with Crippen LogP contribution in [0.15, 0.2) is 53.3 Å². The van der Waals surface area contributed by atoms with E-state index in [0.717, 1.165) is 18.4 Å². The maximum atomic E-state index is 13.0. The molecule has 1 aromatic carbocycles. The molecule has 0 radical (unpaired) electrons. The van der Waals surface area contributed by atoms with Crippen molar-refractivity contribution in [2.75, 3.05) is 20.2 Å². The molecular weight excluding hydrogens is 410 g/mol. The number of hydrogen-bond donors (Lipinski definition) is 1. The van der Waals surface area contributed by atoms with Gasteiger partial charge < -0.3 is 19.5 Å². The standard InChI is InChI=1S/C23H25N5O4/c1-16-11-24-28(12-16)13-18-10-19(26-32-18)21(30)27-14-22(15-27,23(31-2)8-9-23)25-20(29)17-6-4-3-5-7-17/h3-7,10-12H,8-9,13-15H2,1-2H3,(H,25,29). The minimum absolute atomic E-state index is 0.167. The van der Waals surface area contributed by atoms with Crippen molar-refractivity contribution in [3.8, 4) is 0 Å². The van der Waals surface area contributed by atoms with Gasteiger partial charge in [-0.05, 0) is 37.5 Å². The molecule has 3 heterocycles. The van der Waals surface area contributed by atoms with Gasteiger partial charge in [-0.15, -0.1) is 0 Å². The predicted octanol–water partition coefficient (Wildman–Crippen LogP) is 2.03. The van der Waals surface area contributed by atoms with Crippen molar-refractivity contribution in [2.45, 2.75) is 37.5 Å². The van der Waals surface area contributed by atoms with Crippen LogP contribution in [0.25, 0.3) is 0 Å². The lowest BCUT2D eigenvalue weighted by Crippen LogP contribution is -2.77. The molecule has 1 N–H and O–H groups in total. The summed E-state index contributed by atoms with van der Waals surface area (Å²) in [5.41, 5.74) is 0.806. The number of carbonyl (C=O) groups excluding carboxylic acids is 2. The third kappa shape index (κ3) is 3.48. The minimum Gasteiger partial charge on any atom is -0.376 e. The number of nitrogens with one attached hydrogen (secondary N) is 1. The Bertz CT molecular complexity index is 1140. The van der Waals surface area contributed by atoms with Crippen molar-refractivity contribution in [3.05, 3.63) is 71.4 Å². The number of nitrogens with zero attached hydrogens (tertiary/aromatic N) is 4. The number of carbonyl (C=O) groups is 2. The quantitative estimate of drug-likeness (QED) is 0.609. The van der Waals surface area contributed by atoms with Gasteiger partial charge in [0, 0.05) is 38.0 Å². The summed E-state index contributed by atoms with van der Waals surface area (Å²) < 4.78 is 12.9. The lowest BCUT2D eigenvalue weighted by molar-refractivity contribution is -0.0711. The Morgan fingerprint density at radius 1 is 1.22 bits per heavy atom. The number of aromatic nitrogens is 3. The van der Waals surface area contributed by atoms with E-state index in [1.807, 2.05) is 31.3 Å². The van der Waals surface area contributed by atoms with Gasteiger partial charge in [0.2, 0.25) is 0 Å². The largest absolute Gasteiger partial charge is 0.376 e. The molecule has 2 aromatic heterocycles. The molecule has 1 aliphatic carbocycles. The van der Waals surface area contributed by atoms with Gasteiger partial charge >= 0.3 is 0 Å². The first-order valence-corrected chi connectivity index (χ1v) is 10.6. The van der Waals surface area contributed by atoms with E-state index >= 15 is 0 Å². The fourth-order valence-electron chi connectivity index (χ4n) is 4.46. The SMILES string of the molecule is COC1(C2(NC(=O)c3ccccc3)CN(C(=O)c3cc(Cn4cc(C)cn4)on3)C2)CC1. The molecule has 0 atom stereocenters. The van der Waals surface area contributed by atoms with Crippen LogP contribution in [0.3, 0.4) is 0 Å². The summed E-state index contributed by atoms with van der Waals surface area (Å²) in [6.07, 6.45) is 5.34. The van der Waals surface area contributed by atoms with Crippen LogP contribution in [0.2, 0.25) is 0 Å². The summed E-state index contributed by atoms with van der Waals surface area (Å²) >= 11 is 0. The molecule has 9 heteroatoms. The third-order valence-corrected chi connectivity index (χ3v) is 6.42. The maximum Gasteiger partial charge on any atom is 0.276 e. The van der Waals surface area contributed by atoms with Crippen LogP contribution in [-0.4, -0.2) is 63.0 Å². The Morgan fingerprint density at radius 2 is 1.97 bits per heavy atom. The van der Waals surface area contributed by atoms with Crippen LogP contribution in [0.5, 0.6) is 0 Å². The van der Waals surface area contributed by atoms with E-state index in [1.54, 1.807) is 41.1 Å². The van der Waals surface area contributed by atoms with E-state index in [4.69, 9.17) is 9.26 Å². The number of hydrogen-bond acceptors (Lipinski definition) is 6. The van der Waals surface area contributed by atoms with Crippen molar-refractivity contribution in [2.24, 2.45) is 0 Å². The Morgan fingerprint density at radius 3 is 2.59 bits per heavy atom. The second-order valence-corrected chi connectivity index (χ2v) is 8.66. The van der Waals surface area contributed by atoms with Gasteiger partial charge in [0.25, 0.3) is 11.8 Å². The lowest BCUT2D eigenvalue weighted by Gasteiger charge is -2.54. The van der Waals surface area contributed by atoms with Crippen LogP contribution in [0.1, 0.15) is 45.0 Å². The highest BCUT2D eigenvalue weighted by Crippen LogP contribution is 2.52. The van der Waals surface area contributed by atoms with Crippen LogP contribution in [0, 0.1) is 6.92 Å². The van der Waals surface area contributed by atoms with E-state index in [2.05, 4.69) is 15.6 Å². The number of ether oxygens (including phenoxy) is 1. The number of rotatable bonds is 7. The molecule has 9 nitrogen and oxygen atoms in total. The van der Waals surface area contributed by atoms with Crippen molar-refractivity contribution in [1.82, 2.24) is 25.2 Å².